The third kappa shape index (κ3) is 4.90. The fourth-order valence-electron chi connectivity index (χ4n) is 1.27. The van der Waals surface area contributed by atoms with Gasteiger partial charge in [0.1, 0.15) is 5.15 Å². The van der Waals surface area contributed by atoms with Crippen LogP contribution in [-0.2, 0) is 15.7 Å². The first-order chi connectivity index (χ1) is 8.84. The van der Waals surface area contributed by atoms with Crippen LogP contribution < -0.4 is 0 Å². The van der Waals surface area contributed by atoms with Gasteiger partial charge in [0.2, 0.25) is 0 Å². The Hall–Kier alpha value is -1.56. The van der Waals surface area contributed by atoms with Crippen molar-refractivity contribution in [3.05, 3.63) is 34.6 Å². The smallest absolute Gasteiger partial charge is 0.419 e. The molecule has 1 heterocycles. The largest absolute Gasteiger partial charge is 0.466 e. The van der Waals surface area contributed by atoms with Gasteiger partial charge in [-0.2, -0.15) is 13.2 Å². The third-order valence-corrected chi connectivity index (χ3v) is 2.37. The van der Waals surface area contributed by atoms with Crippen LogP contribution in [0.1, 0.15) is 24.5 Å². The molecule has 0 spiro atoms. The van der Waals surface area contributed by atoms with E-state index in [2.05, 4.69) is 9.72 Å². The summed E-state index contributed by atoms with van der Waals surface area (Å²) in [6.07, 6.45) is -0.620. The summed E-state index contributed by atoms with van der Waals surface area (Å²) in [7, 11) is 0. The van der Waals surface area contributed by atoms with Crippen LogP contribution in [-0.4, -0.2) is 17.6 Å². The number of alkyl halides is 3. The summed E-state index contributed by atoms with van der Waals surface area (Å²) < 4.78 is 42.3. The number of ether oxygens (including phenoxy) is 1. The molecule has 0 bridgehead atoms. The van der Waals surface area contributed by atoms with Crippen molar-refractivity contribution in [1.82, 2.24) is 4.98 Å². The van der Waals surface area contributed by atoms with E-state index >= 15 is 0 Å². The highest BCUT2D eigenvalue weighted by Gasteiger charge is 2.33. The molecule has 0 radical (unpaired) electrons. The number of aromatic nitrogens is 1. The number of halogens is 4. The molecule has 0 aliphatic carbocycles. The first-order valence-corrected chi connectivity index (χ1v) is 5.77. The number of hydrogen-bond acceptors (Lipinski definition) is 3. The highest BCUT2D eigenvalue weighted by Crippen LogP contribution is 2.34. The minimum atomic E-state index is -4.56. The molecule has 3 nitrogen and oxygen atoms in total. The zero-order valence-corrected chi connectivity index (χ0v) is 10.8. The molecule has 1 aromatic rings. The van der Waals surface area contributed by atoms with Crippen LogP contribution in [0.3, 0.4) is 0 Å². The molecule has 0 aromatic carbocycles. The van der Waals surface area contributed by atoms with Crippen molar-refractivity contribution in [1.29, 1.82) is 0 Å². The number of esters is 1. The molecule has 19 heavy (non-hydrogen) atoms. The lowest BCUT2D eigenvalue weighted by Crippen LogP contribution is -2.07. The minimum absolute atomic E-state index is 0.0161. The van der Waals surface area contributed by atoms with Crippen LogP contribution in [0.15, 0.2) is 18.3 Å². The average molecular weight is 294 g/mol. The molecule has 0 atom stereocenters. The first kappa shape index (κ1) is 15.5. The van der Waals surface area contributed by atoms with Gasteiger partial charge in [-0.3, -0.25) is 4.79 Å². The fourth-order valence-corrected chi connectivity index (χ4v) is 1.48. The van der Waals surface area contributed by atoms with Gasteiger partial charge in [0, 0.05) is 6.20 Å². The maximum absolute atomic E-state index is 12.6. The standard InChI is InChI=1S/C12H11ClF3NO2/c1-2-19-10(18)5-3-4-8-6-9(12(14,15)16)11(13)17-7-8/h3-4,6-7H,2,5H2,1H3. The van der Waals surface area contributed by atoms with Gasteiger partial charge in [0.15, 0.2) is 0 Å². The molecule has 0 unspecified atom stereocenters. The zero-order chi connectivity index (χ0) is 14.5. The van der Waals surface area contributed by atoms with E-state index in [1.165, 1.54) is 18.3 Å². The number of rotatable bonds is 4. The summed E-state index contributed by atoms with van der Waals surface area (Å²) >= 11 is 5.38. The summed E-state index contributed by atoms with van der Waals surface area (Å²) in [6, 6.07) is 0.872. The van der Waals surface area contributed by atoms with Gasteiger partial charge in [-0.15, -0.1) is 0 Å². The lowest BCUT2D eigenvalue weighted by molar-refractivity contribution is -0.142. The Balaban J connectivity index is 2.80. The third-order valence-electron chi connectivity index (χ3n) is 2.07. The molecule has 1 rings (SSSR count). The van der Waals surface area contributed by atoms with Crippen LogP contribution in [0.25, 0.3) is 6.08 Å². The molecular weight excluding hydrogens is 283 g/mol. The van der Waals surface area contributed by atoms with E-state index in [9.17, 15) is 18.0 Å². The predicted octanol–water partition coefficient (Wildman–Crippen LogP) is 3.72. The second-order valence-corrected chi connectivity index (χ2v) is 3.87. The van der Waals surface area contributed by atoms with Crippen LogP contribution >= 0.6 is 11.6 Å². The molecule has 0 aliphatic heterocycles. The molecule has 0 aliphatic rings. The van der Waals surface area contributed by atoms with Gasteiger partial charge in [0.25, 0.3) is 0 Å². The summed E-state index contributed by atoms with van der Waals surface area (Å²) in [5.41, 5.74) is -0.798. The molecule has 1 aromatic heterocycles. The summed E-state index contributed by atoms with van der Waals surface area (Å²) in [5, 5.41) is -0.602. The van der Waals surface area contributed by atoms with Crippen molar-refractivity contribution in [2.75, 3.05) is 6.61 Å². The SMILES string of the molecule is CCOC(=O)CC=Cc1cnc(Cl)c(C(F)(F)F)c1. The Bertz CT molecular complexity index is 486. The van der Waals surface area contributed by atoms with Gasteiger partial charge in [-0.05, 0) is 18.6 Å². The summed E-state index contributed by atoms with van der Waals surface area (Å²) in [6.45, 7) is 1.92. The predicted molar refractivity (Wildman–Crippen MR) is 64.5 cm³/mol. The molecule has 0 saturated heterocycles. The molecule has 0 saturated carbocycles. The second-order valence-electron chi connectivity index (χ2n) is 3.52. The highest BCUT2D eigenvalue weighted by molar-refractivity contribution is 6.30. The van der Waals surface area contributed by atoms with E-state index in [1.807, 2.05) is 0 Å². The summed E-state index contributed by atoms with van der Waals surface area (Å²) in [4.78, 5) is 14.5. The van der Waals surface area contributed by atoms with E-state index < -0.39 is 22.9 Å². The molecule has 0 N–H and O–H groups in total. The monoisotopic (exact) mass is 293 g/mol. The molecular formula is C12H11ClF3NO2. The normalized spacial score (nSPS) is 11.8. The van der Waals surface area contributed by atoms with Crippen LogP contribution in [0, 0.1) is 0 Å². The van der Waals surface area contributed by atoms with Crippen LogP contribution in [0.4, 0.5) is 13.2 Å². The van der Waals surface area contributed by atoms with Crippen molar-refractivity contribution < 1.29 is 22.7 Å². The number of carbonyl (C=O) groups is 1. The number of carbonyl (C=O) groups excluding carboxylic acids is 1. The van der Waals surface area contributed by atoms with E-state index in [1.54, 1.807) is 6.92 Å². The Morgan fingerprint density at radius 2 is 2.21 bits per heavy atom. The van der Waals surface area contributed by atoms with Gasteiger partial charge in [-0.25, -0.2) is 4.98 Å². The lowest BCUT2D eigenvalue weighted by atomic mass is 10.2. The van der Waals surface area contributed by atoms with Crippen molar-refractivity contribution in [2.45, 2.75) is 19.5 Å². The zero-order valence-electron chi connectivity index (χ0n) is 10.00. The van der Waals surface area contributed by atoms with E-state index in [-0.39, 0.29) is 18.6 Å². The quantitative estimate of drug-likeness (QED) is 0.627. The maximum atomic E-state index is 12.6. The van der Waals surface area contributed by atoms with Crippen molar-refractivity contribution >= 4 is 23.6 Å². The molecule has 0 fully saturated rings. The highest BCUT2D eigenvalue weighted by atomic mass is 35.5. The second kappa shape index (κ2) is 6.56. The first-order valence-electron chi connectivity index (χ1n) is 5.39. The lowest BCUT2D eigenvalue weighted by Gasteiger charge is -2.08. The topological polar surface area (TPSA) is 39.2 Å². The van der Waals surface area contributed by atoms with E-state index in [4.69, 9.17) is 11.6 Å². The van der Waals surface area contributed by atoms with Gasteiger partial charge >= 0.3 is 12.1 Å². The van der Waals surface area contributed by atoms with Gasteiger partial charge < -0.3 is 4.74 Å². The Morgan fingerprint density at radius 3 is 2.79 bits per heavy atom. The Labute approximate surface area is 113 Å². The summed E-state index contributed by atoms with van der Waals surface area (Å²) in [5.74, 6) is -0.447. The Kier molecular flexibility index (Phi) is 5.35. The van der Waals surface area contributed by atoms with Crippen molar-refractivity contribution in [3.8, 4) is 0 Å². The number of nitrogens with zero attached hydrogens (tertiary/aromatic N) is 1. The van der Waals surface area contributed by atoms with E-state index in [0.717, 1.165) is 6.07 Å². The Morgan fingerprint density at radius 1 is 1.53 bits per heavy atom. The number of hydrogen-bond donors (Lipinski definition) is 0. The van der Waals surface area contributed by atoms with Crippen molar-refractivity contribution in [2.24, 2.45) is 0 Å². The van der Waals surface area contributed by atoms with Crippen LogP contribution in [0.5, 0.6) is 0 Å². The van der Waals surface area contributed by atoms with Crippen LogP contribution in [0.2, 0.25) is 5.15 Å². The molecule has 104 valence electrons. The van der Waals surface area contributed by atoms with Gasteiger partial charge in [-0.1, -0.05) is 23.8 Å². The number of pyridine rings is 1. The minimum Gasteiger partial charge on any atom is -0.466 e. The molecule has 7 heteroatoms. The molecule has 0 amide bonds. The van der Waals surface area contributed by atoms with Gasteiger partial charge in [0.05, 0.1) is 18.6 Å². The average Bonchev–Trinajstić information content (AvgIpc) is 2.30. The maximum Gasteiger partial charge on any atom is 0.419 e. The fraction of sp³-hybridized carbons (Fsp3) is 0.333. The van der Waals surface area contributed by atoms with Crippen molar-refractivity contribution in [3.63, 3.8) is 0 Å². The van der Waals surface area contributed by atoms with E-state index in [0.29, 0.717) is 0 Å².